The van der Waals surface area contributed by atoms with E-state index in [1.165, 1.54) is 0 Å². The topological polar surface area (TPSA) is 51.2 Å². The molecular weight excluding hydrogens is 312 g/mol. The SMILES string of the molecule is CCOC(=O)c1cccc(Nc2ccnc3cc(Cl)ccc23)c1. The van der Waals surface area contributed by atoms with E-state index in [1.54, 1.807) is 25.3 Å². The highest BCUT2D eigenvalue weighted by Gasteiger charge is 2.08. The Morgan fingerprint density at radius 2 is 2.09 bits per heavy atom. The number of nitrogens with zero attached hydrogens (tertiary/aromatic N) is 1. The molecule has 116 valence electrons. The third kappa shape index (κ3) is 3.43. The van der Waals surface area contributed by atoms with Gasteiger partial charge < -0.3 is 10.1 Å². The average molecular weight is 327 g/mol. The number of rotatable bonds is 4. The molecule has 5 heteroatoms. The maximum absolute atomic E-state index is 11.8. The van der Waals surface area contributed by atoms with E-state index < -0.39 is 0 Å². The van der Waals surface area contributed by atoms with E-state index in [0.29, 0.717) is 17.2 Å². The number of fused-ring (bicyclic) bond motifs is 1. The Bertz CT molecular complexity index is 865. The van der Waals surface area contributed by atoms with Crippen molar-refractivity contribution in [1.29, 1.82) is 0 Å². The molecule has 0 saturated heterocycles. The van der Waals surface area contributed by atoms with Crippen molar-refractivity contribution in [2.45, 2.75) is 6.92 Å². The normalized spacial score (nSPS) is 10.5. The smallest absolute Gasteiger partial charge is 0.338 e. The van der Waals surface area contributed by atoms with Crippen LogP contribution in [0.3, 0.4) is 0 Å². The average Bonchev–Trinajstić information content (AvgIpc) is 2.55. The van der Waals surface area contributed by atoms with Gasteiger partial charge in [0.1, 0.15) is 0 Å². The molecule has 1 aromatic heterocycles. The number of anilines is 2. The summed E-state index contributed by atoms with van der Waals surface area (Å²) < 4.78 is 5.03. The predicted molar refractivity (Wildman–Crippen MR) is 92.4 cm³/mol. The Hall–Kier alpha value is -2.59. The van der Waals surface area contributed by atoms with Gasteiger partial charge in [0.25, 0.3) is 0 Å². The van der Waals surface area contributed by atoms with Crippen molar-refractivity contribution in [2.75, 3.05) is 11.9 Å². The molecule has 0 atom stereocenters. The summed E-state index contributed by atoms with van der Waals surface area (Å²) in [5.41, 5.74) is 3.02. The van der Waals surface area contributed by atoms with Crippen LogP contribution in [0.25, 0.3) is 10.9 Å². The standard InChI is InChI=1S/C18H15ClN2O2/c1-2-23-18(22)12-4-3-5-14(10-12)21-16-8-9-20-17-11-13(19)6-7-15(16)17/h3-11H,2H2,1H3,(H,20,21). The molecule has 0 bridgehead atoms. The number of aromatic nitrogens is 1. The summed E-state index contributed by atoms with van der Waals surface area (Å²) in [6.07, 6.45) is 1.72. The van der Waals surface area contributed by atoms with E-state index >= 15 is 0 Å². The van der Waals surface area contributed by atoms with Crippen molar-refractivity contribution in [3.05, 3.63) is 65.3 Å². The zero-order chi connectivity index (χ0) is 16.2. The molecule has 0 aliphatic heterocycles. The number of pyridine rings is 1. The summed E-state index contributed by atoms with van der Waals surface area (Å²) in [6.45, 7) is 2.14. The number of hydrogen-bond acceptors (Lipinski definition) is 4. The van der Waals surface area contributed by atoms with Crippen LogP contribution in [0.15, 0.2) is 54.7 Å². The van der Waals surface area contributed by atoms with Crippen molar-refractivity contribution in [3.8, 4) is 0 Å². The second-order valence-corrected chi connectivity index (χ2v) is 5.38. The van der Waals surface area contributed by atoms with Crippen LogP contribution in [0, 0.1) is 0 Å². The second-order valence-electron chi connectivity index (χ2n) is 4.95. The molecule has 0 aliphatic carbocycles. The van der Waals surface area contributed by atoms with Gasteiger partial charge in [0.05, 0.1) is 17.7 Å². The molecule has 0 spiro atoms. The fourth-order valence-corrected chi connectivity index (χ4v) is 2.49. The van der Waals surface area contributed by atoms with Crippen LogP contribution >= 0.6 is 11.6 Å². The zero-order valence-electron chi connectivity index (χ0n) is 12.5. The van der Waals surface area contributed by atoms with Crippen LogP contribution in [0.1, 0.15) is 17.3 Å². The number of esters is 1. The summed E-state index contributed by atoms with van der Waals surface area (Å²) >= 11 is 6.00. The zero-order valence-corrected chi connectivity index (χ0v) is 13.3. The Balaban J connectivity index is 1.93. The van der Waals surface area contributed by atoms with E-state index in [4.69, 9.17) is 16.3 Å². The summed E-state index contributed by atoms with van der Waals surface area (Å²) in [5.74, 6) is -0.331. The Kier molecular flexibility index (Phi) is 4.44. The fraction of sp³-hybridized carbons (Fsp3) is 0.111. The van der Waals surface area contributed by atoms with Crippen LogP contribution in [0.2, 0.25) is 5.02 Å². The number of benzene rings is 2. The van der Waals surface area contributed by atoms with Crippen LogP contribution in [-0.4, -0.2) is 17.6 Å². The number of carbonyl (C=O) groups excluding carboxylic acids is 1. The molecule has 4 nitrogen and oxygen atoms in total. The Morgan fingerprint density at radius 1 is 1.22 bits per heavy atom. The lowest BCUT2D eigenvalue weighted by atomic mass is 10.1. The van der Waals surface area contributed by atoms with Crippen molar-refractivity contribution in [2.24, 2.45) is 0 Å². The molecule has 0 aliphatic rings. The molecule has 2 aromatic carbocycles. The summed E-state index contributed by atoms with van der Waals surface area (Å²) in [4.78, 5) is 16.1. The summed E-state index contributed by atoms with van der Waals surface area (Å²) in [6, 6.07) is 14.6. The molecule has 0 saturated carbocycles. The number of nitrogens with one attached hydrogen (secondary N) is 1. The summed E-state index contributed by atoms with van der Waals surface area (Å²) in [7, 11) is 0. The lowest BCUT2D eigenvalue weighted by Crippen LogP contribution is -2.05. The highest BCUT2D eigenvalue weighted by Crippen LogP contribution is 2.27. The minimum atomic E-state index is -0.331. The van der Waals surface area contributed by atoms with Crippen LogP contribution < -0.4 is 5.32 Å². The van der Waals surface area contributed by atoms with E-state index in [9.17, 15) is 4.79 Å². The van der Waals surface area contributed by atoms with Gasteiger partial charge in [-0.25, -0.2) is 4.79 Å². The predicted octanol–water partition coefficient (Wildman–Crippen LogP) is 4.81. The fourth-order valence-electron chi connectivity index (χ4n) is 2.32. The van der Waals surface area contributed by atoms with E-state index in [2.05, 4.69) is 10.3 Å². The molecular formula is C18H15ClN2O2. The van der Waals surface area contributed by atoms with Gasteiger partial charge in [0, 0.05) is 28.0 Å². The third-order valence-electron chi connectivity index (χ3n) is 3.36. The number of hydrogen-bond donors (Lipinski definition) is 1. The second kappa shape index (κ2) is 6.67. The molecule has 3 aromatic rings. The van der Waals surface area contributed by atoms with Crippen LogP contribution in [0.4, 0.5) is 11.4 Å². The molecule has 0 amide bonds. The minimum absolute atomic E-state index is 0.331. The minimum Gasteiger partial charge on any atom is -0.462 e. The maximum Gasteiger partial charge on any atom is 0.338 e. The molecule has 23 heavy (non-hydrogen) atoms. The van der Waals surface area contributed by atoms with E-state index in [-0.39, 0.29) is 5.97 Å². The molecule has 3 rings (SSSR count). The van der Waals surface area contributed by atoms with Gasteiger partial charge in [-0.2, -0.15) is 0 Å². The van der Waals surface area contributed by atoms with Gasteiger partial charge in [-0.05, 0) is 49.4 Å². The first-order valence-electron chi connectivity index (χ1n) is 7.26. The quantitative estimate of drug-likeness (QED) is 0.699. The van der Waals surface area contributed by atoms with Gasteiger partial charge in [-0.15, -0.1) is 0 Å². The largest absolute Gasteiger partial charge is 0.462 e. The van der Waals surface area contributed by atoms with Gasteiger partial charge in [-0.3, -0.25) is 4.98 Å². The lowest BCUT2D eigenvalue weighted by molar-refractivity contribution is 0.0526. The van der Waals surface area contributed by atoms with Gasteiger partial charge >= 0.3 is 5.97 Å². The number of halogens is 1. The highest BCUT2D eigenvalue weighted by molar-refractivity contribution is 6.31. The van der Waals surface area contributed by atoms with Crippen molar-refractivity contribution in [3.63, 3.8) is 0 Å². The Morgan fingerprint density at radius 3 is 2.91 bits per heavy atom. The van der Waals surface area contributed by atoms with Crippen LogP contribution in [-0.2, 0) is 4.74 Å². The monoisotopic (exact) mass is 326 g/mol. The molecule has 0 fully saturated rings. The Labute approximate surface area is 139 Å². The van der Waals surface area contributed by atoms with Gasteiger partial charge in [0.2, 0.25) is 0 Å². The van der Waals surface area contributed by atoms with Crippen molar-refractivity contribution in [1.82, 2.24) is 4.98 Å². The third-order valence-corrected chi connectivity index (χ3v) is 3.59. The number of carbonyl (C=O) groups is 1. The lowest BCUT2D eigenvalue weighted by Gasteiger charge is -2.11. The first-order chi connectivity index (χ1) is 11.2. The van der Waals surface area contributed by atoms with E-state index in [1.807, 2.05) is 36.4 Å². The molecule has 1 N–H and O–H groups in total. The highest BCUT2D eigenvalue weighted by atomic mass is 35.5. The first-order valence-corrected chi connectivity index (χ1v) is 7.63. The number of ether oxygens (including phenoxy) is 1. The maximum atomic E-state index is 11.8. The first kappa shape index (κ1) is 15.3. The van der Waals surface area contributed by atoms with Crippen molar-refractivity contribution >= 4 is 39.8 Å². The van der Waals surface area contributed by atoms with Gasteiger partial charge in [-0.1, -0.05) is 17.7 Å². The van der Waals surface area contributed by atoms with Crippen molar-refractivity contribution < 1.29 is 9.53 Å². The summed E-state index contributed by atoms with van der Waals surface area (Å²) in [5, 5.41) is 4.91. The van der Waals surface area contributed by atoms with Gasteiger partial charge in [0.15, 0.2) is 0 Å². The molecule has 0 unspecified atom stereocenters. The molecule has 0 radical (unpaired) electrons. The van der Waals surface area contributed by atoms with Crippen LogP contribution in [0.5, 0.6) is 0 Å². The molecule has 1 heterocycles. The van der Waals surface area contributed by atoms with E-state index in [0.717, 1.165) is 22.3 Å².